The molecule has 5 nitrogen and oxygen atoms in total. The molecule has 118 valence electrons. The third-order valence-electron chi connectivity index (χ3n) is 3.63. The fourth-order valence-corrected chi connectivity index (χ4v) is 3.65. The van der Waals surface area contributed by atoms with Gasteiger partial charge in [-0.05, 0) is 36.8 Å². The van der Waals surface area contributed by atoms with E-state index < -0.39 is 16.4 Å². The Morgan fingerprint density at radius 3 is 2.57 bits per heavy atom. The molecule has 1 saturated heterocycles. The van der Waals surface area contributed by atoms with Crippen LogP contribution >= 0.6 is 11.8 Å². The highest BCUT2D eigenvalue weighted by molar-refractivity contribution is 8.00. The van der Waals surface area contributed by atoms with Crippen molar-refractivity contribution in [2.75, 3.05) is 10.7 Å². The summed E-state index contributed by atoms with van der Waals surface area (Å²) in [5.41, 5.74) is 1.77. The van der Waals surface area contributed by atoms with Gasteiger partial charge >= 0.3 is 5.69 Å². The van der Waals surface area contributed by atoms with Gasteiger partial charge in [-0.25, -0.2) is 0 Å². The maximum absolute atomic E-state index is 13.9. The van der Waals surface area contributed by atoms with Gasteiger partial charge < -0.3 is 0 Å². The molecule has 1 amide bonds. The summed E-state index contributed by atoms with van der Waals surface area (Å²) >= 11 is 1.37. The van der Waals surface area contributed by atoms with Crippen LogP contribution in [-0.2, 0) is 4.79 Å². The van der Waals surface area contributed by atoms with Gasteiger partial charge in [0.15, 0.2) is 0 Å². The molecule has 1 aliphatic heterocycles. The summed E-state index contributed by atoms with van der Waals surface area (Å²) in [6.45, 7) is 1.95. The number of hydrogen-bond acceptors (Lipinski definition) is 4. The molecule has 23 heavy (non-hydrogen) atoms. The van der Waals surface area contributed by atoms with E-state index in [2.05, 4.69) is 0 Å². The van der Waals surface area contributed by atoms with E-state index in [9.17, 15) is 19.3 Å². The van der Waals surface area contributed by atoms with Gasteiger partial charge in [-0.2, -0.15) is 4.39 Å². The number of hydrogen-bond donors (Lipinski definition) is 0. The van der Waals surface area contributed by atoms with Gasteiger partial charge in [0, 0.05) is 11.8 Å². The highest BCUT2D eigenvalue weighted by Crippen LogP contribution is 2.42. The highest BCUT2D eigenvalue weighted by Gasteiger charge is 2.34. The van der Waals surface area contributed by atoms with Crippen LogP contribution in [0.2, 0.25) is 0 Å². The van der Waals surface area contributed by atoms with Crippen LogP contribution in [-0.4, -0.2) is 16.6 Å². The SMILES string of the molecule is Cc1ccc(N2C(=O)CSC2c2ccc([N+](=O)[O-])c(F)c2)cc1. The first-order chi connectivity index (χ1) is 11.0. The second-order valence-corrected chi connectivity index (χ2v) is 6.30. The number of carbonyl (C=O) groups is 1. The molecule has 2 aromatic rings. The zero-order valence-electron chi connectivity index (χ0n) is 12.2. The van der Waals surface area contributed by atoms with Crippen molar-refractivity contribution >= 4 is 29.0 Å². The van der Waals surface area contributed by atoms with E-state index in [1.807, 2.05) is 31.2 Å². The molecule has 7 heteroatoms. The molecule has 0 radical (unpaired) electrons. The van der Waals surface area contributed by atoms with Gasteiger partial charge in [0.05, 0.1) is 10.7 Å². The molecule has 0 N–H and O–H groups in total. The van der Waals surface area contributed by atoms with E-state index in [-0.39, 0.29) is 17.0 Å². The molecule has 0 spiro atoms. The maximum atomic E-state index is 13.9. The van der Waals surface area contributed by atoms with Gasteiger partial charge in [0.1, 0.15) is 5.37 Å². The first kappa shape index (κ1) is 15.5. The minimum atomic E-state index is -0.892. The lowest BCUT2D eigenvalue weighted by molar-refractivity contribution is -0.387. The summed E-state index contributed by atoms with van der Waals surface area (Å²) in [6, 6.07) is 11.3. The van der Waals surface area contributed by atoms with Crippen LogP contribution in [0.1, 0.15) is 16.5 Å². The number of thioether (sulfide) groups is 1. The Labute approximate surface area is 136 Å². The van der Waals surface area contributed by atoms with E-state index >= 15 is 0 Å². The van der Waals surface area contributed by atoms with Crippen LogP contribution in [0.15, 0.2) is 42.5 Å². The number of nitro groups is 1. The van der Waals surface area contributed by atoms with E-state index in [1.54, 1.807) is 4.90 Å². The quantitative estimate of drug-likeness (QED) is 0.633. The van der Waals surface area contributed by atoms with Crippen molar-refractivity contribution in [1.82, 2.24) is 0 Å². The fraction of sp³-hybridized carbons (Fsp3) is 0.188. The van der Waals surface area contributed by atoms with Gasteiger partial charge in [-0.3, -0.25) is 19.8 Å². The lowest BCUT2D eigenvalue weighted by atomic mass is 10.1. The fourth-order valence-electron chi connectivity index (χ4n) is 2.48. The zero-order chi connectivity index (χ0) is 16.6. The van der Waals surface area contributed by atoms with Gasteiger partial charge in [-0.1, -0.05) is 17.7 Å². The predicted molar refractivity (Wildman–Crippen MR) is 86.9 cm³/mol. The molecule has 0 saturated carbocycles. The summed E-state index contributed by atoms with van der Waals surface area (Å²) in [6.07, 6.45) is 0. The minimum absolute atomic E-state index is 0.0670. The molecule has 2 aromatic carbocycles. The topological polar surface area (TPSA) is 63.5 Å². The number of nitrogens with zero attached hydrogens (tertiary/aromatic N) is 2. The van der Waals surface area contributed by atoms with E-state index in [0.717, 1.165) is 23.4 Å². The number of benzene rings is 2. The number of nitro benzene ring substituents is 1. The van der Waals surface area contributed by atoms with Crippen molar-refractivity contribution in [3.05, 3.63) is 69.5 Å². The van der Waals surface area contributed by atoms with Crippen molar-refractivity contribution in [3.8, 4) is 0 Å². The van der Waals surface area contributed by atoms with Crippen LogP contribution in [0.3, 0.4) is 0 Å². The number of rotatable bonds is 3. The lowest BCUT2D eigenvalue weighted by Crippen LogP contribution is -2.27. The zero-order valence-corrected chi connectivity index (χ0v) is 13.0. The largest absolute Gasteiger partial charge is 0.304 e. The number of anilines is 1. The highest BCUT2D eigenvalue weighted by atomic mass is 32.2. The second-order valence-electron chi connectivity index (χ2n) is 5.23. The van der Waals surface area contributed by atoms with Crippen molar-refractivity contribution in [2.45, 2.75) is 12.3 Å². The molecule has 0 aliphatic carbocycles. The molecule has 3 rings (SSSR count). The van der Waals surface area contributed by atoms with Crippen molar-refractivity contribution in [1.29, 1.82) is 0 Å². The van der Waals surface area contributed by atoms with Crippen LogP contribution < -0.4 is 4.90 Å². The lowest BCUT2D eigenvalue weighted by Gasteiger charge is -2.24. The molecule has 1 atom stereocenters. The Bertz CT molecular complexity index is 779. The molecular weight excluding hydrogens is 319 g/mol. The number of halogens is 1. The second kappa shape index (κ2) is 6.00. The summed E-state index contributed by atoms with van der Waals surface area (Å²) in [5, 5.41) is 10.3. The molecule has 1 heterocycles. The molecule has 1 aliphatic rings. The van der Waals surface area contributed by atoms with E-state index in [0.29, 0.717) is 5.56 Å². The number of aryl methyl sites for hydroxylation is 1. The van der Waals surface area contributed by atoms with E-state index in [1.165, 1.54) is 17.8 Å². The maximum Gasteiger partial charge on any atom is 0.304 e. The Balaban J connectivity index is 1.98. The summed E-state index contributed by atoms with van der Waals surface area (Å²) in [5.74, 6) is -0.670. The summed E-state index contributed by atoms with van der Waals surface area (Å²) in [7, 11) is 0. The third kappa shape index (κ3) is 2.92. The molecule has 1 unspecified atom stereocenters. The number of carbonyl (C=O) groups excluding carboxylic acids is 1. The Hall–Kier alpha value is -2.41. The van der Waals surface area contributed by atoms with Crippen LogP contribution in [0.5, 0.6) is 0 Å². The molecule has 0 bridgehead atoms. The average Bonchev–Trinajstić information content (AvgIpc) is 2.89. The summed E-state index contributed by atoms with van der Waals surface area (Å²) < 4.78 is 13.9. The van der Waals surface area contributed by atoms with Crippen LogP contribution in [0.4, 0.5) is 15.8 Å². The molecular formula is C16H13FN2O3S. The average molecular weight is 332 g/mol. The van der Waals surface area contributed by atoms with Crippen molar-refractivity contribution in [3.63, 3.8) is 0 Å². The van der Waals surface area contributed by atoms with Crippen LogP contribution in [0, 0.1) is 22.9 Å². The normalized spacial score (nSPS) is 17.6. The molecule has 0 aromatic heterocycles. The minimum Gasteiger partial charge on any atom is -0.295 e. The van der Waals surface area contributed by atoms with Crippen molar-refractivity contribution in [2.24, 2.45) is 0 Å². The molecule has 1 fully saturated rings. The van der Waals surface area contributed by atoms with Gasteiger partial charge in [0.25, 0.3) is 0 Å². The number of amides is 1. The predicted octanol–water partition coefficient (Wildman–Crippen LogP) is 3.82. The first-order valence-electron chi connectivity index (χ1n) is 6.91. The van der Waals surface area contributed by atoms with Crippen molar-refractivity contribution < 1.29 is 14.1 Å². The van der Waals surface area contributed by atoms with Gasteiger partial charge in [0.2, 0.25) is 11.7 Å². The first-order valence-corrected chi connectivity index (χ1v) is 7.96. The van der Waals surface area contributed by atoms with E-state index in [4.69, 9.17) is 0 Å². The Kier molecular flexibility index (Phi) is 4.04. The Morgan fingerprint density at radius 2 is 1.96 bits per heavy atom. The standard InChI is InChI=1S/C16H13FN2O3S/c1-10-2-5-12(6-3-10)18-15(20)9-23-16(18)11-4-7-14(19(21)22)13(17)8-11/h2-8,16H,9H2,1H3. The third-order valence-corrected chi connectivity index (χ3v) is 4.85. The van der Waals surface area contributed by atoms with Gasteiger partial charge in [-0.15, -0.1) is 11.8 Å². The summed E-state index contributed by atoms with van der Waals surface area (Å²) in [4.78, 5) is 23.8. The monoisotopic (exact) mass is 332 g/mol. The smallest absolute Gasteiger partial charge is 0.295 e. The Morgan fingerprint density at radius 1 is 1.26 bits per heavy atom. The van der Waals surface area contributed by atoms with Crippen LogP contribution in [0.25, 0.3) is 0 Å².